The monoisotopic (exact) mass is 562 g/mol. The molecule has 42 heavy (non-hydrogen) atoms. The van der Waals surface area contributed by atoms with Gasteiger partial charge in [-0.15, -0.1) is 10.2 Å². The molecular formula is C36H38N2O4. The van der Waals surface area contributed by atoms with Gasteiger partial charge in [-0.05, 0) is 11.1 Å². The van der Waals surface area contributed by atoms with Gasteiger partial charge in [0.15, 0.2) is 0 Å². The number of carbonyl (C=O) groups is 2. The second-order valence-corrected chi connectivity index (χ2v) is 11.0. The quantitative estimate of drug-likeness (QED) is 0.129. The van der Waals surface area contributed by atoms with E-state index in [-0.39, 0.29) is 12.8 Å². The Morgan fingerprint density at radius 1 is 0.524 bits per heavy atom. The van der Waals surface area contributed by atoms with E-state index in [0.717, 1.165) is 11.1 Å². The molecule has 4 aromatic rings. The van der Waals surface area contributed by atoms with Gasteiger partial charge in [0.05, 0.1) is 11.8 Å². The van der Waals surface area contributed by atoms with Crippen LogP contribution in [0, 0.1) is 11.8 Å². The smallest absolute Gasteiger partial charge is 0.310 e. The fourth-order valence-electron chi connectivity index (χ4n) is 4.49. The van der Waals surface area contributed by atoms with Gasteiger partial charge in [0.2, 0.25) is 0 Å². The SMILES string of the molecule is CC(C)C(=O)OC(Cc1ccccc1)(/N=N/C(Cc1ccccc1)(OC(=O)C(C)C)c1ccccc1)c1ccccc1. The lowest BCUT2D eigenvalue weighted by Crippen LogP contribution is -2.38. The first-order valence-electron chi connectivity index (χ1n) is 14.3. The minimum atomic E-state index is -1.52. The molecule has 0 amide bonds. The highest BCUT2D eigenvalue weighted by molar-refractivity contribution is 5.73. The molecule has 0 radical (unpaired) electrons. The largest absolute Gasteiger partial charge is 0.430 e. The Bertz CT molecular complexity index is 1340. The minimum absolute atomic E-state index is 0.230. The molecule has 0 spiro atoms. The van der Waals surface area contributed by atoms with Crippen molar-refractivity contribution in [3.05, 3.63) is 144 Å². The number of benzene rings is 4. The summed E-state index contributed by atoms with van der Waals surface area (Å²) in [6.07, 6.45) is 0.461. The van der Waals surface area contributed by atoms with Crippen LogP contribution in [-0.2, 0) is 43.4 Å². The molecule has 0 saturated heterocycles. The van der Waals surface area contributed by atoms with Crippen LogP contribution in [0.15, 0.2) is 132 Å². The lowest BCUT2D eigenvalue weighted by atomic mass is 9.94. The van der Waals surface area contributed by atoms with E-state index in [1.165, 1.54) is 0 Å². The number of hydrogen-bond acceptors (Lipinski definition) is 6. The number of rotatable bonds is 12. The lowest BCUT2D eigenvalue weighted by molar-refractivity contribution is -0.171. The fraction of sp³-hybridized carbons (Fsp3) is 0.278. The van der Waals surface area contributed by atoms with E-state index in [0.29, 0.717) is 11.1 Å². The maximum Gasteiger partial charge on any atom is 0.310 e. The number of ether oxygens (including phenoxy) is 2. The molecule has 0 heterocycles. The Labute approximate surface area is 248 Å². The fourth-order valence-corrected chi connectivity index (χ4v) is 4.49. The van der Waals surface area contributed by atoms with Crippen molar-refractivity contribution in [2.75, 3.05) is 0 Å². The first-order chi connectivity index (χ1) is 20.2. The van der Waals surface area contributed by atoms with Crippen LogP contribution in [0.2, 0.25) is 0 Å². The summed E-state index contributed by atoms with van der Waals surface area (Å²) >= 11 is 0. The predicted octanol–water partition coefficient (Wildman–Crippen LogP) is 8.03. The maximum absolute atomic E-state index is 13.3. The average molecular weight is 563 g/mol. The highest BCUT2D eigenvalue weighted by atomic mass is 16.6. The van der Waals surface area contributed by atoms with Crippen molar-refractivity contribution < 1.29 is 19.1 Å². The third-order valence-electron chi connectivity index (χ3n) is 6.88. The Morgan fingerprint density at radius 3 is 1.10 bits per heavy atom. The summed E-state index contributed by atoms with van der Waals surface area (Å²) in [6, 6.07) is 38.2. The van der Waals surface area contributed by atoms with E-state index in [4.69, 9.17) is 19.7 Å². The van der Waals surface area contributed by atoms with Gasteiger partial charge in [-0.25, -0.2) is 0 Å². The molecule has 0 aliphatic heterocycles. The summed E-state index contributed by atoms with van der Waals surface area (Å²) < 4.78 is 12.6. The zero-order chi connectivity index (χ0) is 30.0. The molecule has 0 aliphatic carbocycles. The summed E-state index contributed by atoms with van der Waals surface area (Å²) in [6.45, 7) is 7.13. The first kappa shape index (κ1) is 30.4. The molecule has 0 aliphatic rings. The normalized spacial score (nSPS) is 14.3. The van der Waals surface area contributed by atoms with Crippen LogP contribution in [0.25, 0.3) is 0 Å². The zero-order valence-corrected chi connectivity index (χ0v) is 24.6. The van der Waals surface area contributed by atoms with Crippen LogP contribution in [0.3, 0.4) is 0 Å². The Kier molecular flexibility index (Phi) is 10.0. The summed E-state index contributed by atoms with van der Waals surface area (Å²) in [5.41, 5.74) is 0.0799. The van der Waals surface area contributed by atoms with Crippen LogP contribution in [0.1, 0.15) is 49.9 Å². The van der Waals surface area contributed by atoms with E-state index < -0.39 is 35.2 Å². The summed E-state index contributed by atoms with van der Waals surface area (Å²) in [5, 5.41) is 9.81. The van der Waals surface area contributed by atoms with Gasteiger partial charge in [0, 0.05) is 24.0 Å². The second kappa shape index (κ2) is 13.9. The van der Waals surface area contributed by atoms with Crippen LogP contribution >= 0.6 is 0 Å². The minimum Gasteiger partial charge on any atom is -0.430 e. The molecule has 6 nitrogen and oxygen atoms in total. The summed E-state index contributed by atoms with van der Waals surface area (Å²) in [7, 11) is 0. The van der Waals surface area contributed by atoms with Crippen molar-refractivity contribution in [1.29, 1.82) is 0 Å². The van der Waals surface area contributed by atoms with E-state index in [1.54, 1.807) is 27.7 Å². The van der Waals surface area contributed by atoms with E-state index in [2.05, 4.69) is 0 Å². The lowest BCUT2D eigenvalue weighted by Gasteiger charge is -2.34. The second-order valence-electron chi connectivity index (χ2n) is 11.0. The van der Waals surface area contributed by atoms with Crippen LogP contribution in [0.4, 0.5) is 0 Å². The van der Waals surface area contributed by atoms with E-state index >= 15 is 0 Å². The molecule has 216 valence electrons. The highest BCUT2D eigenvalue weighted by Gasteiger charge is 2.43. The molecule has 2 unspecified atom stereocenters. The Hall–Kier alpha value is -4.58. The molecule has 0 fully saturated rings. The summed E-state index contributed by atoms with van der Waals surface area (Å²) in [4.78, 5) is 26.5. The Balaban J connectivity index is 1.97. The van der Waals surface area contributed by atoms with Crippen molar-refractivity contribution in [3.8, 4) is 0 Å². The third kappa shape index (κ3) is 7.58. The van der Waals surface area contributed by atoms with Gasteiger partial charge >= 0.3 is 11.9 Å². The number of azo groups is 1. The summed E-state index contributed by atoms with van der Waals surface area (Å²) in [5.74, 6) is -1.63. The maximum atomic E-state index is 13.3. The van der Waals surface area contributed by atoms with Crippen LogP contribution in [0.5, 0.6) is 0 Å². The van der Waals surface area contributed by atoms with Crippen molar-refractivity contribution in [2.45, 2.75) is 52.0 Å². The van der Waals surface area contributed by atoms with Gasteiger partial charge < -0.3 is 9.47 Å². The first-order valence-corrected chi connectivity index (χ1v) is 14.3. The van der Waals surface area contributed by atoms with Gasteiger partial charge in [-0.3, -0.25) is 9.59 Å². The molecule has 2 atom stereocenters. The van der Waals surface area contributed by atoms with Crippen molar-refractivity contribution >= 4 is 11.9 Å². The van der Waals surface area contributed by atoms with Crippen molar-refractivity contribution in [3.63, 3.8) is 0 Å². The molecule has 0 aromatic heterocycles. The van der Waals surface area contributed by atoms with Crippen molar-refractivity contribution in [2.24, 2.45) is 22.1 Å². The molecule has 0 N–H and O–H groups in total. The zero-order valence-electron chi connectivity index (χ0n) is 24.6. The van der Waals surface area contributed by atoms with Crippen LogP contribution in [-0.4, -0.2) is 11.9 Å². The predicted molar refractivity (Wildman–Crippen MR) is 163 cm³/mol. The number of carbonyl (C=O) groups excluding carboxylic acids is 2. The molecule has 0 saturated carbocycles. The molecule has 4 aromatic carbocycles. The molecular weight excluding hydrogens is 524 g/mol. The van der Waals surface area contributed by atoms with Gasteiger partial charge in [-0.2, -0.15) is 0 Å². The standard InChI is InChI=1S/C36H38N2O4/c1-27(2)33(39)41-35(31-21-13-7-14-22-31,25-29-17-9-5-10-18-29)37-38-36(42-34(40)28(3)4,32-23-15-8-16-24-32)26-30-19-11-6-12-20-30/h5-24,27-28H,25-26H2,1-4H3/b38-37+. The molecule has 6 heteroatoms. The van der Waals surface area contributed by atoms with E-state index in [1.807, 2.05) is 121 Å². The average Bonchev–Trinajstić information content (AvgIpc) is 3.01. The molecule has 0 bridgehead atoms. The highest BCUT2D eigenvalue weighted by Crippen LogP contribution is 2.39. The van der Waals surface area contributed by atoms with Gasteiger partial charge in [0.25, 0.3) is 11.4 Å². The van der Waals surface area contributed by atoms with Crippen LogP contribution < -0.4 is 0 Å². The van der Waals surface area contributed by atoms with Gasteiger partial charge in [-0.1, -0.05) is 149 Å². The Morgan fingerprint density at radius 2 is 0.810 bits per heavy atom. The molecule has 4 rings (SSSR count). The van der Waals surface area contributed by atoms with E-state index in [9.17, 15) is 9.59 Å². The topological polar surface area (TPSA) is 77.3 Å². The number of nitrogens with zero attached hydrogens (tertiary/aromatic N) is 2. The number of hydrogen-bond donors (Lipinski definition) is 0. The number of esters is 2. The van der Waals surface area contributed by atoms with Gasteiger partial charge in [0.1, 0.15) is 0 Å². The van der Waals surface area contributed by atoms with Crippen molar-refractivity contribution in [1.82, 2.24) is 0 Å². The third-order valence-corrected chi connectivity index (χ3v) is 6.88.